The molecule has 1 amide bonds. The quantitative estimate of drug-likeness (QED) is 0.173. The molecule has 0 radical (unpaired) electrons. The predicted octanol–water partition coefficient (Wildman–Crippen LogP) is 8.70. The van der Waals surface area contributed by atoms with E-state index in [4.69, 9.17) is 16.3 Å². The van der Waals surface area contributed by atoms with Crippen LogP contribution in [0.2, 0.25) is 5.02 Å². The zero-order chi connectivity index (χ0) is 27.6. The molecule has 0 aliphatic carbocycles. The Balaban J connectivity index is 1.53. The SMILES string of the molecule is CCC=N/C=C(\C)CN(C)C(=O)Cc1cccc(-c2sccc2-c2cc(Cl)ccc2OCc2ccccc2)c1. The largest absolute Gasteiger partial charge is 0.488 e. The van der Waals surface area contributed by atoms with E-state index < -0.39 is 0 Å². The van der Waals surface area contributed by atoms with Gasteiger partial charge in [-0.1, -0.05) is 67.1 Å². The van der Waals surface area contributed by atoms with E-state index in [1.165, 1.54) is 0 Å². The van der Waals surface area contributed by atoms with E-state index in [0.29, 0.717) is 24.6 Å². The number of carbonyl (C=O) groups is 1. The summed E-state index contributed by atoms with van der Waals surface area (Å²) in [4.78, 5) is 20.1. The Kier molecular flexibility index (Phi) is 10.1. The van der Waals surface area contributed by atoms with Crippen LogP contribution in [0.5, 0.6) is 5.75 Å². The normalized spacial score (nSPS) is 11.6. The first-order chi connectivity index (χ1) is 18.9. The van der Waals surface area contributed by atoms with E-state index in [1.807, 2.05) is 94.0 Å². The lowest BCUT2D eigenvalue weighted by Gasteiger charge is -2.17. The Bertz CT molecular complexity index is 1460. The standard InChI is InChI=1S/C33H33ClN2O2S/c1-4-16-35-21-24(2)22-36(3)32(37)19-26-11-8-12-27(18-26)33-29(15-17-39-33)30-20-28(34)13-14-31(30)38-23-25-9-6-5-7-10-25/h5-18,20-21H,4,19,22-23H2,1-3H3/b24-21+,35-16?. The predicted molar refractivity (Wildman–Crippen MR) is 165 cm³/mol. The van der Waals surface area contributed by atoms with Crippen molar-refractivity contribution in [1.82, 2.24) is 4.90 Å². The molecule has 3 aromatic carbocycles. The lowest BCUT2D eigenvalue weighted by Crippen LogP contribution is -2.29. The Morgan fingerprint density at radius 3 is 2.59 bits per heavy atom. The molecule has 4 nitrogen and oxygen atoms in total. The number of nitrogens with zero attached hydrogens (tertiary/aromatic N) is 2. The van der Waals surface area contributed by atoms with Crippen molar-refractivity contribution in [1.29, 1.82) is 0 Å². The van der Waals surface area contributed by atoms with Gasteiger partial charge in [-0.3, -0.25) is 9.79 Å². The van der Waals surface area contributed by atoms with Crippen LogP contribution in [0.4, 0.5) is 0 Å². The van der Waals surface area contributed by atoms with Gasteiger partial charge in [0.2, 0.25) is 5.91 Å². The summed E-state index contributed by atoms with van der Waals surface area (Å²) < 4.78 is 6.24. The van der Waals surface area contributed by atoms with Crippen molar-refractivity contribution in [3.8, 4) is 27.3 Å². The molecule has 4 rings (SSSR count). The molecule has 200 valence electrons. The number of hydrogen-bond acceptors (Lipinski definition) is 4. The molecule has 6 heteroatoms. The third-order valence-corrected chi connectivity index (χ3v) is 7.37. The number of hydrogen-bond donors (Lipinski definition) is 0. The van der Waals surface area contributed by atoms with Gasteiger partial charge in [-0.25, -0.2) is 0 Å². The molecular weight excluding hydrogens is 524 g/mol. The lowest BCUT2D eigenvalue weighted by atomic mass is 10.00. The molecule has 0 spiro atoms. The average Bonchev–Trinajstić information content (AvgIpc) is 3.43. The van der Waals surface area contributed by atoms with Crippen molar-refractivity contribution in [3.63, 3.8) is 0 Å². The second-order valence-corrected chi connectivity index (χ2v) is 10.8. The maximum atomic E-state index is 13.0. The number of carbonyl (C=O) groups excluding carboxylic acids is 1. The molecule has 0 unspecified atom stereocenters. The van der Waals surface area contributed by atoms with Crippen LogP contribution in [-0.4, -0.2) is 30.6 Å². The van der Waals surface area contributed by atoms with E-state index >= 15 is 0 Å². The van der Waals surface area contributed by atoms with E-state index in [-0.39, 0.29) is 5.91 Å². The molecule has 1 aromatic heterocycles. The molecular formula is C33H33ClN2O2S. The highest BCUT2D eigenvalue weighted by molar-refractivity contribution is 7.14. The van der Waals surface area contributed by atoms with E-state index in [0.717, 1.165) is 50.4 Å². The lowest BCUT2D eigenvalue weighted by molar-refractivity contribution is -0.128. The fourth-order valence-electron chi connectivity index (χ4n) is 4.24. The minimum Gasteiger partial charge on any atom is -0.488 e. The first-order valence-corrected chi connectivity index (χ1v) is 14.2. The van der Waals surface area contributed by atoms with E-state index in [2.05, 4.69) is 28.6 Å². The fraction of sp³-hybridized carbons (Fsp3) is 0.212. The van der Waals surface area contributed by atoms with Crippen LogP contribution in [0.1, 0.15) is 31.4 Å². The minimum absolute atomic E-state index is 0.0669. The molecule has 0 fully saturated rings. The number of likely N-dealkylation sites (N-methyl/N-ethyl adjacent to an activating group) is 1. The molecule has 0 atom stereocenters. The number of rotatable bonds is 11. The second kappa shape index (κ2) is 13.9. The van der Waals surface area contributed by atoms with Crippen molar-refractivity contribution in [3.05, 3.63) is 112 Å². The van der Waals surface area contributed by atoms with Gasteiger partial charge in [0, 0.05) is 47.0 Å². The Labute approximate surface area is 240 Å². The number of amides is 1. The zero-order valence-corrected chi connectivity index (χ0v) is 24.1. The third kappa shape index (κ3) is 7.92. The Hall–Kier alpha value is -3.67. The zero-order valence-electron chi connectivity index (χ0n) is 22.6. The maximum Gasteiger partial charge on any atom is 0.227 e. The summed E-state index contributed by atoms with van der Waals surface area (Å²) in [6.07, 6.45) is 4.90. The molecule has 0 aliphatic rings. The molecule has 0 saturated carbocycles. The van der Waals surface area contributed by atoms with Gasteiger partial charge in [0.05, 0.1) is 6.42 Å². The summed E-state index contributed by atoms with van der Waals surface area (Å²) in [6.45, 7) is 5.06. The van der Waals surface area contributed by atoms with Crippen LogP contribution in [0.15, 0.2) is 101 Å². The van der Waals surface area contributed by atoms with Gasteiger partial charge in [-0.15, -0.1) is 11.3 Å². The highest BCUT2D eigenvalue weighted by Crippen LogP contribution is 2.42. The van der Waals surface area contributed by atoms with Crippen LogP contribution in [-0.2, 0) is 17.8 Å². The van der Waals surface area contributed by atoms with Crippen LogP contribution >= 0.6 is 22.9 Å². The third-order valence-electron chi connectivity index (χ3n) is 6.17. The molecule has 0 aliphatic heterocycles. The van der Waals surface area contributed by atoms with Gasteiger partial charge in [0.15, 0.2) is 0 Å². The average molecular weight is 557 g/mol. The van der Waals surface area contributed by atoms with Crippen LogP contribution in [0.25, 0.3) is 21.6 Å². The van der Waals surface area contributed by atoms with Gasteiger partial charge in [0.25, 0.3) is 0 Å². The number of thiophene rings is 1. The van der Waals surface area contributed by atoms with E-state index in [1.54, 1.807) is 16.2 Å². The number of benzene rings is 3. The number of halogens is 1. The van der Waals surface area contributed by atoms with Crippen molar-refractivity contribution in [2.75, 3.05) is 13.6 Å². The van der Waals surface area contributed by atoms with Crippen molar-refractivity contribution < 1.29 is 9.53 Å². The topological polar surface area (TPSA) is 41.9 Å². The number of aliphatic imine (C=N–C) groups is 1. The van der Waals surface area contributed by atoms with Gasteiger partial charge in [0.1, 0.15) is 12.4 Å². The number of ether oxygens (including phenoxy) is 1. The highest BCUT2D eigenvalue weighted by Gasteiger charge is 2.16. The minimum atomic E-state index is 0.0669. The van der Waals surface area contributed by atoms with Crippen LogP contribution < -0.4 is 4.74 Å². The first kappa shape index (κ1) is 28.3. The summed E-state index contributed by atoms with van der Waals surface area (Å²) in [5.74, 6) is 0.847. The summed E-state index contributed by atoms with van der Waals surface area (Å²) in [5, 5.41) is 2.73. The van der Waals surface area contributed by atoms with Crippen molar-refractivity contribution in [2.24, 2.45) is 4.99 Å². The summed E-state index contributed by atoms with van der Waals surface area (Å²) in [6, 6.07) is 26.1. The molecule has 0 N–H and O–H groups in total. The molecule has 0 saturated heterocycles. The van der Waals surface area contributed by atoms with Gasteiger partial charge in [-0.2, -0.15) is 0 Å². The van der Waals surface area contributed by atoms with Crippen LogP contribution in [0, 0.1) is 0 Å². The molecule has 0 bridgehead atoms. The molecule has 39 heavy (non-hydrogen) atoms. The smallest absolute Gasteiger partial charge is 0.227 e. The Morgan fingerprint density at radius 2 is 1.79 bits per heavy atom. The molecule has 1 heterocycles. The van der Waals surface area contributed by atoms with Crippen molar-refractivity contribution in [2.45, 2.75) is 33.3 Å². The monoisotopic (exact) mass is 556 g/mol. The Morgan fingerprint density at radius 1 is 1.00 bits per heavy atom. The van der Waals surface area contributed by atoms with E-state index in [9.17, 15) is 4.79 Å². The van der Waals surface area contributed by atoms with Crippen molar-refractivity contribution >= 4 is 35.1 Å². The fourth-order valence-corrected chi connectivity index (χ4v) is 5.32. The van der Waals surface area contributed by atoms with Gasteiger partial charge < -0.3 is 9.64 Å². The summed E-state index contributed by atoms with van der Waals surface area (Å²) in [7, 11) is 1.83. The summed E-state index contributed by atoms with van der Waals surface area (Å²) in [5.41, 5.74) is 6.18. The second-order valence-electron chi connectivity index (χ2n) is 9.42. The first-order valence-electron chi connectivity index (χ1n) is 13.0. The summed E-state index contributed by atoms with van der Waals surface area (Å²) >= 11 is 8.09. The van der Waals surface area contributed by atoms with Crippen LogP contribution in [0.3, 0.4) is 0 Å². The van der Waals surface area contributed by atoms with Gasteiger partial charge >= 0.3 is 0 Å². The maximum absolute atomic E-state index is 13.0. The van der Waals surface area contributed by atoms with Gasteiger partial charge in [-0.05, 0) is 71.3 Å². The highest BCUT2D eigenvalue weighted by atomic mass is 35.5. The molecule has 4 aromatic rings.